The lowest BCUT2D eigenvalue weighted by atomic mass is 10.2. The average molecular weight is 399 g/mol. The number of hydrogen-bond acceptors (Lipinski definition) is 3. The van der Waals surface area contributed by atoms with Crippen LogP contribution < -0.4 is 15.5 Å². The van der Waals surface area contributed by atoms with Gasteiger partial charge >= 0.3 is 0 Å². The minimum atomic E-state index is 0.378. The molecule has 0 spiro atoms. The molecule has 1 aromatic heterocycles. The maximum Gasteiger partial charge on any atom is 0.191 e. The number of hydrogen-bond donors (Lipinski definition) is 2. The topological polar surface area (TPSA) is 50.6 Å². The first-order chi connectivity index (χ1) is 13.2. The third-order valence-corrected chi connectivity index (χ3v) is 4.25. The quantitative estimate of drug-likeness (QED) is 0.364. The van der Waals surface area contributed by atoms with E-state index in [2.05, 4.69) is 20.4 Å². The van der Waals surface area contributed by atoms with Crippen molar-refractivity contribution in [3.05, 3.63) is 83.1 Å². The molecule has 0 amide bonds. The number of aromatic nitrogens is 1. The van der Waals surface area contributed by atoms with Gasteiger partial charge in [0.1, 0.15) is 5.75 Å². The van der Waals surface area contributed by atoms with E-state index in [9.17, 15) is 0 Å². The highest BCUT2D eigenvalue weighted by atomic mass is 35.5. The number of rotatable bonds is 6. The first kappa shape index (κ1) is 18.9. The predicted molar refractivity (Wildman–Crippen MR) is 115 cm³/mol. The number of hydrazone groups is 1. The van der Waals surface area contributed by atoms with E-state index in [-0.39, 0.29) is 0 Å². The smallest absolute Gasteiger partial charge is 0.191 e. The molecule has 3 aromatic rings. The fourth-order valence-corrected chi connectivity index (χ4v) is 2.95. The molecule has 0 aliphatic heterocycles. The Morgan fingerprint density at radius 2 is 2.04 bits per heavy atom. The first-order valence-electron chi connectivity index (χ1n) is 8.28. The summed E-state index contributed by atoms with van der Waals surface area (Å²) < 4.78 is 7.37. The minimum absolute atomic E-state index is 0.378. The summed E-state index contributed by atoms with van der Waals surface area (Å²) in [4.78, 5) is 0. The molecule has 0 bridgehead atoms. The van der Waals surface area contributed by atoms with E-state index in [1.54, 1.807) is 13.3 Å². The third-order valence-electron chi connectivity index (χ3n) is 3.82. The highest BCUT2D eigenvalue weighted by Crippen LogP contribution is 2.22. The first-order valence-corrected chi connectivity index (χ1v) is 9.07. The van der Waals surface area contributed by atoms with Crippen molar-refractivity contribution in [2.24, 2.45) is 5.10 Å². The second kappa shape index (κ2) is 9.21. The molecule has 7 heteroatoms. The van der Waals surface area contributed by atoms with Gasteiger partial charge in [0, 0.05) is 17.8 Å². The zero-order valence-corrected chi connectivity index (χ0v) is 16.3. The summed E-state index contributed by atoms with van der Waals surface area (Å²) in [7, 11) is 1.61. The number of anilines is 1. The van der Waals surface area contributed by atoms with E-state index in [4.69, 9.17) is 28.6 Å². The Morgan fingerprint density at radius 3 is 2.85 bits per heavy atom. The highest BCUT2D eigenvalue weighted by Gasteiger charge is 2.03. The molecule has 3 rings (SSSR count). The molecule has 5 nitrogen and oxygen atoms in total. The van der Waals surface area contributed by atoms with Gasteiger partial charge in [-0.1, -0.05) is 35.9 Å². The van der Waals surface area contributed by atoms with Crippen molar-refractivity contribution in [3.8, 4) is 5.75 Å². The average Bonchev–Trinajstić information content (AvgIpc) is 3.09. The van der Waals surface area contributed by atoms with Crippen LogP contribution in [0.15, 0.2) is 72.0 Å². The van der Waals surface area contributed by atoms with Crippen molar-refractivity contribution in [3.63, 3.8) is 0 Å². The summed E-state index contributed by atoms with van der Waals surface area (Å²) in [6, 6.07) is 19.3. The van der Waals surface area contributed by atoms with Crippen LogP contribution in [0.4, 0.5) is 5.69 Å². The summed E-state index contributed by atoms with van der Waals surface area (Å²) in [5.74, 6) is 0.709. The number of halogens is 1. The van der Waals surface area contributed by atoms with Crippen LogP contribution in [0.5, 0.6) is 5.75 Å². The van der Waals surface area contributed by atoms with Crippen LogP contribution in [0, 0.1) is 0 Å². The van der Waals surface area contributed by atoms with E-state index in [1.807, 2.05) is 66.9 Å². The zero-order chi connectivity index (χ0) is 19.1. The maximum absolute atomic E-state index is 6.06. The molecule has 2 aromatic carbocycles. The Balaban J connectivity index is 1.60. The fourth-order valence-electron chi connectivity index (χ4n) is 2.58. The number of nitrogens with zero attached hydrogens (tertiary/aromatic N) is 2. The molecule has 0 saturated carbocycles. The second-order valence-corrected chi connectivity index (χ2v) is 6.56. The van der Waals surface area contributed by atoms with E-state index in [1.165, 1.54) is 0 Å². The van der Waals surface area contributed by atoms with Crippen molar-refractivity contribution in [2.45, 2.75) is 6.54 Å². The van der Waals surface area contributed by atoms with Crippen LogP contribution in [-0.2, 0) is 6.54 Å². The maximum atomic E-state index is 6.06. The molecular weight excluding hydrogens is 380 g/mol. The number of para-hydroxylation sites is 2. The lowest BCUT2D eigenvalue weighted by Gasteiger charge is -2.11. The molecule has 0 unspecified atom stereocenters. The second-order valence-electron chi connectivity index (χ2n) is 5.72. The molecule has 1 heterocycles. The van der Waals surface area contributed by atoms with Crippen molar-refractivity contribution in [1.82, 2.24) is 9.99 Å². The number of thiocarbonyl (C=S) groups is 1. The van der Waals surface area contributed by atoms with E-state index in [0.717, 1.165) is 22.0 Å². The van der Waals surface area contributed by atoms with Crippen molar-refractivity contribution in [2.75, 3.05) is 12.4 Å². The van der Waals surface area contributed by atoms with Gasteiger partial charge in [-0.2, -0.15) is 5.10 Å². The summed E-state index contributed by atoms with van der Waals surface area (Å²) in [5.41, 5.74) is 5.66. The Hall–Kier alpha value is -2.83. The summed E-state index contributed by atoms with van der Waals surface area (Å²) in [6.45, 7) is 0.707. The lowest BCUT2D eigenvalue weighted by molar-refractivity contribution is 0.417. The van der Waals surface area contributed by atoms with Gasteiger partial charge < -0.3 is 14.6 Å². The summed E-state index contributed by atoms with van der Waals surface area (Å²) in [5, 5.41) is 8.39. The van der Waals surface area contributed by atoms with Gasteiger partial charge in [0.25, 0.3) is 0 Å². The molecule has 0 aliphatic carbocycles. The molecule has 0 radical (unpaired) electrons. The number of ether oxygens (including phenoxy) is 1. The molecule has 0 saturated heterocycles. The Bertz CT molecular complexity index is 954. The number of nitrogens with one attached hydrogen (secondary N) is 2. The van der Waals surface area contributed by atoms with Crippen LogP contribution in [0.25, 0.3) is 0 Å². The lowest BCUT2D eigenvalue weighted by Crippen LogP contribution is -2.24. The van der Waals surface area contributed by atoms with E-state index < -0.39 is 0 Å². The van der Waals surface area contributed by atoms with Crippen molar-refractivity contribution >= 4 is 40.8 Å². The van der Waals surface area contributed by atoms with Crippen molar-refractivity contribution in [1.29, 1.82) is 0 Å². The monoisotopic (exact) mass is 398 g/mol. The van der Waals surface area contributed by atoms with Crippen molar-refractivity contribution < 1.29 is 4.74 Å². The Morgan fingerprint density at radius 1 is 1.19 bits per heavy atom. The fraction of sp³-hybridized carbons (Fsp3) is 0.100. The molecule has 138 valence electrons. The molecule has 0 aliphatic rings. The molecule has 2 N–H and O–H groups in total. The van der Waals surface area contributed by atoms with Crippen LogP contribution in [0.2, 0.25) is 5.02 Å². The van der Waals surface area contributed by atoms with Gasteiger partial charge in [0.2, 0.25) is 0 Å². The third kappa shape index (κ3) is 5.32. The van der Waals surface area contributed by atoms with Gasteiger partial charge in [-0.3, -0.25) is 5.43 Å². The SMILES string of the molecule is COc1ccccc1NC(=S)NN=Cc1cccn1Cc1cccc(Cl)c1. The summed E-state index contributed by atoms with van der Waals surface area (Å²) in [6.07, 6.45) is 3.72. The van der Waals surface area contributed by atoms with Gasteiger partial charge in [-0.25, -0.2) is 0 Å². The molecule has 27 heavy (non-hydrogen) atoms. The predicted octanol–water partition coefficient (Wildman–Crippen LogP) is 4.52. The normalized spacial score (nSPS) is 10.7. The van der Waals surface area contributed by atoms with E-state index >= 15 is 0 Å². The van der Waals surface area contributed by atoms with Crippen LogP contribution in [0.1, 0.15) is 11.3 Å². The zero-order valence-electron chi connectivity index (χ0n) is 14.7. The summed E-state index contributed by atoms with van der Waals surface area (Å²) >= 11 is 11.3. The number of benzene rings is 2. The van der Waals surface area contributed by atoms with Gasteiger partial charge in [0.05, 0.1) is 24.7 Å². The van der Waals surface area contributed by atoms with Gasteiger partial charge in [-0.15, -0.1) is 0 Å². The van der Waals surface area contributed by atoms with Gasteiger partial charge in [-0.05, 0) is 54.2 Å². The minimum Gasteiger partial charge on any atom is -0.495 e. The molecular formula is C20H19ClN4OS. The molecule has 0 atom stereocenters. The Kier molecular flexibility index (Phi) is 6.46. The standard InChI is InChI=1S/C20H19ClN4OS/c1-26-19-10-3-2-9-18(19)23-20(27)24-22-13-17-8-5-11-25(17)14-15-6-4-7-16(21)12-15/h2-13H,14H2,1H3,(H2,23,24,27). The highest BCUT2D eigenvalue weighted by molar-refractivity contribution is 7.80. The van der Waals surface area contributed by atoms with Gasteiger partial charge in [0.15, 0.2) is 5.11 Å². The largest absolute Gasteiger partial charge is 0.495 e. The van der Waals surface area contributed by atoms with Crippen LogP contribution >= 0.6 is 23.8 Å². The van der Waals surface area contributed by atoms with E-state index in [0.29, 0.717) is 17.4 Å². The van der Waals surface area contributed by atoms with Crippen LogP contribution in [0.3, 0.4) is 0 Å². The van der Waals surface area contributed by atoms with Crippen LogP contribution in [-0.4, -0.2) is 23.0 Å². The molecule has 0 fully saturated rings. The number of methoxy groups -OCH3 is 1. The Labute approximate surface area is 168 Å².